The van der Waals surface area contributed by atoms with E-state index in [1.807, 2.05) is 7.05 Å². The van der Waals surface area contributed by atoms with E-state index in [-0.39, 0.29) is 17.4 Å². The van der Waals surface area contributed by atoms with Gasteiger partial charge in [0, 0.05) is 18.4 Å². The van der Waals surface area contributed by atoms with Crippen molar-refractivity contribution < 1.29 is 12.8 Å². The third-order valence-electron chi connectivity index (χ3n) is 3.48. The van der Waals surface area contributed by atoms with Gasteiger partial charge in [0.1, 0.15) is 16.1 Å². The van der Waals surface area contributed by atoms with E-state index in [1.54, 1.807) is 6.26 Å². The number of likely N-dealkylation sites (N-methyl/N-ethyl adjacent to an activating group) is 1. The van der Waals surface area contributed by atoms with Gasteiger partial charge in [0.05, 0.1) is 17.2 Å². The maximum Gasteiger partial charge on any atom is 0.197 e. The van der Waals surface area contributed by atoms with Gasteiger partial charge in [0.25, 0.3) is 0 Å². The quantitative estimate of drug-likeness (QED) is 0.889. The number of nitrogens with zero attached hydrogens (tertiary/aromatic N) is 1. The second-order valence-corrected chi connectivity index (χ2v) is 7.30. The van der Waals surface area contributed by atoms with E-state index in [2.05, 4.69) is 17.2 Å². The van der Waals surface area contributed by atoms with Crippen LogP contribution in [0, 0.1) is 0 Å². The molecular formula is C12H20N2O3S. The van der Waals surface area contributed by atoms with E-state index < -0.39 is 9.84 Å². The summed E-state index contributed by atoms with van der Waals surface area (Å²) in [5.41, 5.74) is 0.931. The summed E-state index contributed by atoms with van der Waals surface area (Å²) in [5, 5.41) is 3.15. The fourth-order valence-corrected chi connectivity index (χ4v) is 3.65. The summed E-state index contributed by atoms with van der Waals surface area (Å²) in [6.07, 6.45) is 3.77. The molecule has 1 N–H and O–H groups in total. The predicted octanol–water partition coefficient (Wildman–Crippen LogP) is 1.12. The summed E-state index contributed by atoms with van der Waals surface area (Å²) in [6, 6.07) is 0.356. The van der Waals surface area contributed by atoms with Crippen LogP contribution >= 0.6 is 0 Å². The second kappa shape index (κ2) is 5.40. The first kappa shape index (κ1) is 13.5. The molecule has 0 bridgehead atoms. The number of aromatic nitrogens is 1. The Morgan fingerprint density at radius 3 is 2.78 bits per heavy atom. The molecule has 0 amide bonds. The monoisotopic (exact) mass is 272 g/mol. The van der Waals surface area contributed by atoms with Crippen molar-refractivity contribution in [1.82, 2.24) is 10.3 Å². The number of rotatable bonds is 4. The van der Waals surface area contributed by atoms with Gasteiger partial charge < -0.3 is 9.73 Å². The number of hydrogen-bond acceptors (Lipinski definition) is 5. The normalized spacial score (nSPS) is 21.9. The third kappa shape index (κ3) is 3.32. The summed E-state index contributed by atoms with van der Waals surface area (Å²) in [5.74, 6) is 1.36. The number of oxazole rings is 1. The minimum Gasteiger partial charge on any atom is -0.448 e. The molecule has 1 saturated heterocycles. The fraction of sp³-hybridized carbons (Fsp3) is 0.750. The van der Waals surface area contributed by atoms with Crippen LogP contribution in [-0.4, -0.2) is 38.0 Å². The lowest BCUT2D eigenvalue weighted by atomic mass is 10.0. The van der Waals surface area contributed by atoms with Crippen LogP contribution < -0.4 is 5.32 Å². The van der Waals surface area contributed by atoms with Crippen LogP contribution in [0.4, 0.5) is 0 Å². The number of hydrogen-bond donors (Lipinski definition) is 1. The van der Waals surface area contributed by atoms with Crippen LogP contribution in [0.3, 0.4) is 0 Å². The minimum absolute atomic E-state index is 0.159. The highest BCUT2D eigenvalue weighted by atomic mass is 32.2. The van der Waals surface area contributed by atoms with Crippen LogP contribution in [-0.2, 0) is 16.3 Å². The van der Waals surface area contributed by atoms with E-state index in [0.29, 0.717) is 24.8 Å². The molecule has 6 heteroatoms. The molecule has 1 unspecified atom stereocenters. The zero-order valence-corrected chi connectivity index (χ0v) is 11.7. The van der Waals surface area contributed by atoms with E-state index in [4.69, 9.17) is 4.42 Å². The van der Waals surface area contributed by atoms with Crippen molar-refractivity contribution in [2.45, 2.75) is 38.1 Å². The van der Waals surface area contributed by atoms with Gasteiger partial charge in [0.2, 0.25) is 0 Å². The Labute approximate surface area is 108 Å². The first-order chi connectivity index (χ1) is 8.50. The Hall–Kier alpha value is -0.880. The predicted molar refractivity (Wildman–Crippen MR) is 69.4 cm³/mol. The second-order valence-electron chi connectivity index (χ2n) is 5.00. The molecule has 0 aromatic carbocycles. The molecule has 1 aliphatic rings. The van der Waals surface area contributed by atoms with Crippen LogP contribution in [0.5, 0.6) is 0 Å². The van der Waals surface area contributed by atoms with E-state index in [0.717, 1.165) is 12.1 Å². The topological polar surface area (TPSA) is 72.2 Å². The first-order valence-corrected chi connectivity index (χ1v) is 8.14. The van der Waals surface area contributed by atoms with Gasteiger partial charge in [-0.05, 0) is 26.8 Å². The van der Waals surface area contributed by atoms with Crippen molar-refractivity contribution in [2.75, 3.05) is 18.6 Å². The Balaban J connectivity index is 1.98. The molecule has 102 valence electrons. The van der Waals surface area contributed by atoms with E-state index in [9.17, 15) is 8.42 Å². The highest BCUT2D eigenvalue weighted by molar-refractivity contribution is 7.91. The summed E-state index contributed by atoms with van der Waals surface area (Å²) >= 11 is 0. The number of sulfone groups is 1. The minimum atomic E-state index is -2.82. The standard InChI is InChI=1S/C12H20N2O3S/c1-9(13-2)7-11-8-17-12(14-11)10-3-5-18(15,16)6-4-10/h8-10,13H,3-7H2,1-2H3. The third-order valence-corrected chi connectivity index (χ3v) is 5.20. The van der Waals surface area contributed by atoms with Gasteiger partial charge in [-0.1, -0.05) is 0 Å². The maximum absolute atomic E-state index is 11.4. The van der Waals surface area contributed by atoms with Gasteiger partial charge in [0.15, 0.2) is 5.89 Å². The van der Waals surface area contributed by atoms with Crippen molar-refractivity contribution in [3.63, 3.8) is 0 Å². The summed E-state index contributed by atoms with van der Waals surface area (Å²) in [7, 11) is -0.905. The van der Waals surface area contributed by atoms with Crippen molar-refractivity contribution in [3.8, 4) is 0 Å². The van der Waals surface area contributed by atoms with Crippen LogP contribution in [0.15, 0.2) is 10.7 Å². The molecule has 1 aromatic rings. The summed E-state index contributed by atoms with van der Waals surface area (Å²) < 4.78 is 28.2. The number of nitrogens with one attached hydrogen (secondary N) is 1. The lowest BCUT2D eigenvalue weighted by Gasteiger charge is -2.18. The van der Waals surface area contributed by atoms with E-state index in [1.165, 1.54) is 0 Å². The molecule has 5 nitrogen and oxygen atoms in total. The van der Waals surface area contributed by atoms with Gasteiger partial charge in [-0.15, -0.1) is 0 Å². The van der Waals surface area contributed by atoms with Crippen molar-refractivity contribution in [1.29, 1.82) is 0 Å². The van der Waals surface area contributed by atoms with E-state index >= 15 is 0 Å². The van der Waals surface area contributed by atoms with Gasteiger partial charge >= 0.3 is 0 Å². The maximum atomic E-state index is 11.4. The molecule has 0 radical (unpaired) electrons. The van der Waals surface area contributed by atoms with Crippen molar-refractivity contribution in [3.05, 3.63) is 17.8 Å². The molecule has 1 aromatic heterocycles. The summed E-state index contributed by atoms with van der Waals surface area (Å²) in [6.45, 7) is 2.08. The molecule has 0 spiro atoms. The Morgan fingerprint density at radius 2 is 2.17 bits per heavy atom. The van der Waals surface area contributed by atoms with Crippen LogP contribution in [0.1, 0.15) is 37.3 Å². The zero-order valence-electron chi connectivity index (χ0n) is 10.8. The molecule has 1 aliphatic heterocycles. The molecule has 0 saturated carbocycles. The molecule has 2 heterocycles. The van der Waals surface area contributed by atoms with Crippen LogP contribution in [0.2, 0.25) is 0 Å². The van der Waals surface area contributed by atoms with Gasteiger partial charge in [-0.25, -0.2) is 13.4 Å². The first-order valence-electron chi connectivity index (χ1n) is 6.32. The SMILES string of the molecule is CNC(C)Cc1coc(C2CCS(=O)(=O)CC2)n1. The summed E-state index contributed by atoms with van der Waals surface area (Å²) in [4.78, 5) is 4.47. The Bertz CT molecular complexity index is 481. The molecule has 18 heavy (non-hydrogen) atoms. The fourth-order valence-electron chi connectivity index (χ4n) is 2.16. The molecule has 1 fully saturated rings. The smallest absolute Gasteiger partial charge is 0.197 e. The highest BCUT2D eigenvalue weighted by Crippen LogP contribution is 2.28. The van der Waals surface area contributed by atoms with Crippen LogP contribution in [0.25, 0.3) is 0 Å². The van der Waals surface area contributed by atoms with Gasteiger partial charge in [-0.3, -0.25) is 0 Å². The Kier molecular flexibility index (Phi) is 4.07. The molecule has 1 atom stereocenters. The molecule has 2 rings (SSSR count). The Morgan fingerprint density at radius 1 is 1.50 bits per heavy atom. The zero-order chi connectivity index (χ0) is 13.2. The average molecular weight is 272 g/mol. The average Bonchev–Trinajstić information content (AvgIpc) is 2.77. The van der Waals surface area contributed by atoms with Crippen molar-refractivity contribution in [2.24, 2.45) is 0 Å². The largest absolute Gasteiger partial charge is 0.448 e. The molecular weight excluding hydrogens is 252 g/mol. The van der Waals surface area contributed by atoms with Gasteiger partial charge in [-0.2, -0.15) is 0 Å². The lowest BCUT2D eigenvalue weighted by molar-refractivity contribution is 0.423. The van der Waals surface area contributed by atoms with Crippen molar-refractivity contribution >= 4 is 9.84 Å². The molecule has 0 aliphatic carbocycles. The highest BCUT2D eigenvalue weighted by Gasteiger charge is 2.27. The lowest BCUT2D eigenvalue weighted by Crippen LogP contribution is -2.24.